The Hall–Kier alpha value is -0.770. The first-order valence-corrected chi connectivity index (χ1v) is 3.96. The van der Waals surface area contributed by atoms with Gasteiger partial charge in [-0.05, 0) is 19.4 Å². The van der Waals surface area contributed by atoms with Gasteiger partial charge in [0.05, 0.1) is 6.61 Å². The summed E-state index contributed by atoms with van der Waals surface area (Å²) < 4.78 is 4.83. The van der Waals surface area contributed by atoms with Crippen molar-refractivity contribution in [3.8, 4) is 0 Å². The van der Waals surface area contributed by atoms with Crippen LogP contribution in [0.1, 0.15) is 12.8 Å². The average molecular weight is 158 g/mol. The molecule has 0 unspecified atom stereocenters. The van der Waals surface area contributed by atoms with Crippen molar-refractivity contribution in [1.29, 1.82) is 0 Å². The Morgan fingerprint density at radius 2 is 2.45 bits per heavy atom. The first kappa shape index (κ1) is 8.33. The number of rotatable bonds is 3. The Morgan fingerprint density at radius 1 is 1.64 bits per heavy atom. The Balaban J connectivity index is 2.24. The van der Waals surface area contributed by atoms with Crippen LogP contribution in [0.2, 0.25) is 0 Å². The van der Waals surface area contributed by atoms with Crippen LogP contribution in [0.4, 0.5) is 4.79 Å². The smallest absolute Gasteiger partial charge is 0.409 e. The fourth-order valence-corrected chi connectivity index (χ4v) is 1.08. The van der Waals surface area contributed by atoms with E-state index in [0.29, 0.717) is 13.2 Å². The van der Waals surface area contributed by atoms with Gasteiger partial charge in [0, 0.05) is 13.1 Å². The fourth-order valence-electron chi connectivity index (χ4n) is 1.08. The summed E-state index contributed by atoms with van der Waals surface area (Å²) in [5.41, 5.74) is 5.31. The van der Waals surface area contributed by atoms with Gasteiger partial charge in [0.15, 0.2) is 0 Å². The summed E-state index contributed by atoms with van der Waals surface area (Å²) in [4.78, 5) is 12.7. The predicted octanol–water partition coefficient (Wildman–Crippen LogP) is 0.178. The number of amides is 1. The molecule has 0 aromatic heterocycles. The van der Waals surface area contributed by atoms with Crippen LogP contribution in [-0.4, -0.2) is 37.2 Å². The van der Waals surface area contributed by atoms with Gasteiger partial charge in [-0.3, -0.25) is 0 Å². The van der Waals surface area contributed by atoms with E-state index in [2.05, 4.69) is 0 Å². The van der Waals surface area contributed by atoms with Crippen molar-refractivity contribution in [2.45, 2.75) is 12.8 Å². The monoisotopic (exact) mass is 158 g/mol. The van der Waals surface area contributed by atoms with Crippen LogP contribution in [0.25, 0.3) is 0 Å². The number of ether oxygens (including phenoxy) is 1. The average Bonchev–Trinajstić information content (AvgIpc) is 2.03. The summed E-state index contributed by atoms with van der Waals surface area (Å²) in [5, 5.41) is 0. The van der Waals surface area contributed by atoms with Crippen molar-refractivity contribution in [1.82, 2.24) is 4.90 Å². The highest BCUT2D eigenvalue weighted by Gasteiger charge is 2.17. The van der Waals surface area contributed by atoms with Crippen molar-refractivity contribution in [2.75, 3.05) is 26.2 Å². The molecule has 1 aliphatic heterocycles. The molecule has 4 nitrogen and oxygen atoms in total. The first-order chi connectivity index (χ1) is 5.34. The second kappa shape index (κ2) is 4.18. The molecule has 1 rings (SSSR count). The lowest BCUT2D eigenvalue weighted by Crippen LogP contribution is -2.38. The molecule has 1 amide bonds. The lowest BCUT2D eigenvalue weighted by atomic mass is 10.3. The van der Waals surface area contributed by atoms with Crippen molar-refractivity contribution >= 4 is 6.09 Å². The molecule has 1 fully saturated rings. The molecular weight excluding hydrogens is 144 g/mol. The Morgan fingerprint density at radius 3 is 3.09 bits per heavy atom. The van der Waals surface area contributed by atoms with Gasteiger partial charge >= 0.3 is 6.09 Å². The van der Waals surface area contributed by atoms with E-state index < -0.39 is 0 Å². The quantitative estimate of drug-likeness (QED) is 0.637. The third-order valence-corrected chi connectivity index (χ3v) is 1.69. The molecule has 1 heterocycles. The molecule has 0 aliphatic carbocycles. The summed E-state index contributed by atoms with van der Waals surface area (Å²) in [6.45, 7) is 2.75. The van der Waals surface area contributed by atoms with Gasteiger partial charge in [-0.2, -0.15) is 0 Å². The van der Waals surface area contributed by atoms with Crippen LogP contribution in [0, 0.1) is 0 Å². The van der Waals surface area contributed by atoms with Crippen LogP contribution >= 0.6 is 0 Å². The van der Waals surface area contributed by atoms with E-state index in [4.69, 9.17) is 10.5 Å². The van der Waals surface area contributed by atoms with Gasteiger partial charge in [-0.15, -0.1) is 0 Å². The maximum atomic E-state index is 11.0. The van der Waals surface area contributed by atoms with Gasteiger partial charge in [-0.25, -0.2) is 4.79 Å². The highest BCUT2D eigenvalue weighted by molar-refractivity contribution is 5.68. The lowest BCUT2D eigenvalue weighted by Gasteiger charge is -2.25. The van der Waals surface area contributed by atoms with E-state index in [1.807, 2.05) is 0 Å². The topological polar surface area (TPSA) is 55.6 Å². The van der Waals surface area contributed by atoms with E-state index in [9.17, 15) is 4.79 Å². The zero-order valence-corrected chi connectivity index (χ0v) is 6.58. The zero-order chi connectivity index (χ0) is 8.10. The minimum Gasteiger partial charge on any atom is -0.449 e. The van der Waals surface area contributed by atoms with Gasteiger partial charge in [0.25, 0.3) is 0 Å². The summed E-state index contributed by atoms with van der Waals surface area (Å²) >= 11 is 0. The molecule has 0 radical (unpaired) electrons. The molecule has 0 spiro atoms. The minimum absolute atomic E-state index is 0.190. The number of carbonyl (C=O) groups excluding carboxylic acids is 1. The highest BCUT2D eigenvalue weighted by atomic mass is 16.6. The fraction of sp³-hybridized carbons (Fsp3) is 0.857. The summed E-state index contributed by atoms with van der Waals surface area (Å²) in [6, 6.07) is 0. The standard InChI is InChI=1S/C7H14N2O2/c8-3-1-4-9-5-2-6-11-7(9)10/h1-6,8H2. The molecule has 2 N–H and O–H groups in total. The molecule has 0 aromatic carbocycles. The van der Waals surface area contributed by atoms with Crippen molar-refractivity contribution in [3.05, 3.63) is 0 Å². The first-order valence-electron chi connectivity index (χ1n) is 3.96. The van der Waals surface area contributed by atoms with Gasteiger partial charge in [-0.1, -0.05) is 0 Å². The molecule has 0 saturated carbocycles. The van der Waals surface area contributed by atoms with Crippen molar-refractivity contribution in [2.24, 2.45) is 5.73 Å². The molecule has 64 valence electrons. The number of cyclic esters (lactones) is 1. The highest BCUT2D eigenvalue weighted by Crippen LogP contribution is 2.04. The van der Waals surface area contributed by atoms with Crippen LogP contribution in [0.5, 0.6) is 0 Å². The Kier molecular flexibility index (Phi) is 3.16. The molecule has 1 saturated heterocycles. The molecule has 4 heteroatoms. The van der Waals surface area contributed by atoms with E-state index in [1.54, 1.807) is 4.90 Å². The molecule has 11 heavy (non-hydrogen) atoms. The van der Waals surface area contributed by atoms with Gasteiger partial charge in [0.1, 0.15) is 0 Å². The molecule has 0 bridgehead atoms. The van der Waals surface area contributed by atoms with Gasteiger partial charge < -0.3 is 15.4 Å². The summed E-state index contributed by atoms with van der Waals surface area (Å²) in [6.07, 6.45) is 1.61. The van der Waals surface area contributed by atoms with Crippen LogP contribution in [-0.2, 0) is 4.74 Å². The van der Waals surface area contributed by atoms with E-state index in [0.717, 1.165) is 25.9 Å². The normalized spacial score (nSPS) is 18.3. The van der Waals surface area contributed by atoms with Crippen molar-refractivity contribution in [3.63, 3.8) is 0 Å². The number of nitrogens with zero attached hydrogens (tertiary/aromatic N) is 1. The maximum Gasteiger partial charge on any atom is 0.409 e. The zero-order valence-electron chi connectivity index (χ0n) is 6.58. The molecular formula is C7H14N2O2. The largest absolute Gasteiger partial charge is 0.449 e. The number of carbonyl (C=O) groups is 1. The Labute approximate surface area is 66.3 Å². The lowest BCUT2D eigenvalue weighted by molar-refractivity contribution is 0.0728. The van der Waals surface area contributed by atoms with Crippen LogP contribution in [0.15, 0.2) is 0 Å². The molecule has 1 aliphatic rings. The van der Waals surface area contributed by atoms with E-state index in [-0.39, 0.29) is 6.09 Å². The second-order valence-corrected chi connectivity index (χ2v) is 2.60. The van der Waals surface area contributed by atoms with Crippen LogP contribution in [0.3, 0.4) is 0 Å². The summed E-state index contributed by atoms with van der Waals surface area (Å²) in [5.74, 6) is 0. The maximum absolute atomic E-state index is 11.0. The predicted molar refractivity (Wildman–Crippen MR) is 41.2 cm³/mol. The Bertz CT molecular complexity index is 138. The number of hydrogen-bond acceptors (Lipinski definition) is 3. The third kappa shape index (κ3) is 2.38. The molecule has 0 atom stereocenters. The van der Waals surface area contributed by atoms with E-state index >= 15 is 0 Å². The summed E-state index contributed by atoms with van der Waals surface area (Å²) in [7, 11) is 0. The number of nitrogens with two attached hydrogens (primary N) is 1. The number of hydrogen-bond donors (Lipinski definition) is 1. The van der Waals surface area contributed by atoms with Crippen molar-refractivity contribution < 1.29 is 9.53 Å². The second-order valence-electron chi connectivity index (χ2n) is 2.60. The van der Waals surface area contributed by atoms with Gasteiger partial charge in [0.2, 0.25) is 0 Å². The van der Waals surface area contributed by atoms with Crippen LogP contribution < -0.4 is 5.73 Å². The molecule has 0 aromatic rings. The SMILES string of the molecule is NCCCN1CCCOC1=O. The van der Waals surface area contributed by atoms with E-state index in [1.165, 1.54) is 0 Å². The third-order valence-electron chi connectivity index (χ3n) is 1.69. The minimum atomic E-state index is -0.190.